The van der Waals surface area contributed by atoms with Gasteiger partial charge in [0.15, 0.2) is 0 Å². The number of rotatable bonds is 5. The Balaban J connectivity index is 1.71. The molecule has 23 heavy (non-hydrogen) atoms. The van der Waals surface area contributed by atoms with E-state index in [4.69, 9.17) is 4.74 Å². The van der Waals surface area contributed by atoms with Gasteiger partial charge >= 0.3 is 0 Å². The first-order valence-electron chi connectivity index (χ1n) is 8.38. The van der Waals surface area contributed by atoms with Crippen molar-refractivity contribution in [3.05, 3.63) is 21.9 Å². The van der Waals surface area contributed by atoms with Gasteiger partial charge in [-0.25, -0.2) is 0 Å². The third-order valence-electron chi connectivity index (χ3n) is 4.58. The zero-order valence-corrected chi connectivity index (χ0v) is 14.4. The lowest BCUT2D eigenvalue weighted by Gasteiger charge is -2.27. The average Bonchev–Trinajstić information content (AvgIpc) is 3.28. The molecule has 1 unspecified atom stereocenters. The van der Waals surface area contributed by atoms with Crippen molar-refractivity contribution < 1.29 is 14.3 Å². The summed E-state index contributed by atoms with van der Waals surface area (Å²) in [5.41, 5.74) is 0.978. The summed E-state index contributed by atoms with van der Waals surface area (Å²) in [6.07, 6.45) is 4.19. The lowest BCUT2D eigenvalue weighted by Crippen LogP contribution is -2.44. The van der Waals surface area contributed by atoms with E-state index in [1.807, 2.05) is 23.3 Å². The van der Waals surface area contributed by atoms with Crippen LogP contribution in [0.25, 0.3) is 0 Å². The van der Waals surface area contributed by atoms with E-state index in [9.17, 15) is 9.59 Å². The fourth-order valence-corrected chi connectivity index (χ4v) is 4.11. The number of nitrogens with zero attached hydrogens (tertiary/aromatic N) is 2. The van der Waals surface area contributed by atoms with Crippen molar-refractivity contribution in [2.45, 2.75) is 38.7 Å². The number of hydrogen-bond donors (Lipinski definition) is 0. The molecule has 0 aromatic carbocycles. The number of carbonyl (C=O) groups is 2. The fraction of sp³-hybridized carbons (Fsp3) is 0.647. The van der Waals surface area contributed by atoms with Crippen molar-refractivity contribution in [1.82, 2.24) is 9.80 Å². The quantitative estimate of drug-likeness (QED) is 0.829. The van der Waals surface area contributed by atoms with Gasteiger partial charge in [0.2, 0.25) is 5.91 Å². The first-order chi connectivity index (χ1) is 11.1. The van der Waals surface area contributed by atoms with Gasteiger partial charge in [-0.1, -0.05) is 0 Å². The molecular formula is C17H24N2O3S. The minimum Gasteiger partial charge on any atom is -0.376 e. The van der Waals surface area contributed by atoms with Gasteiger partial charge in [-0.2, -0.15) is 0 Å². The molecule has 126 valence electrons. The second-order valence-electron chi connectivity index (χ2n) is 6.34. The molecule has 2 fully saturated rings. The molecule has 2 amide bonds. The van der Waals surface area contributed by atoms with Crippen LogP contribution < -0.4 is 0 Å². The van der Waals surface area contributed by atoms with Gasteiger partial charge in [-0.3, -0.25) is 9.59 Å². The van der Waals surface area contributed by atoms with Gasteiger partial charge < -0.3 is 14.5 Å². The molecule has 2 aliphatic rings. The van der Waals surface area contributed by atoms with Crippen molar-refractivity contribution in [1.29, 1.82) is 0 Å². The summed E-state index contributed by atoms with van der Waals surface area (Å²) in [5.74, 6) is 0.0172. The van der Waals surface area contributed by atoms with E-state index in [-0.39, 0.29) is 24.5 Å². The van der Waals surface area contributed by atoms with Gasteiger partial charge in [0.25, 0.3) is 5.91 Å². The summed E-state index contributed by atoms with van der Waals surface area (Å²) in [6.45, 7) is 5.00. The Morgan fingerprint density at radius 2 is 2.13 bits per heavy atom. The zero-order chi connectivity index (χ0) is 16.2. The molecule has 2 saturated heterocycles. The maximum atomic E-state index is 12.9. The second-order valence-corrected chi connectivity index (χ2v) is 7.26. The van der Waals surface area contributed by atoms with Crippen LogP contribution in [0, 0.1) is 6.92 Å². The molecule has 0 spiro atoms. The molecule has 3 heterocycles. The summed E-state index contributed by atoms with van der Waals surface area (Å²) in [7, 11) is 0. The number of carbonyl (C=O) groups excluding carboxylic acids is 2. The predicted octanol–water partition coefficient (Wildman–Crippen LogP) is 2.30. The lowest BCUT2D eigenvalue weighted by molar-refractivity contribution is -0.131. The highest BCUT2D eigenvalue weighted by Gasteiger charge is 2.28. The van der Waals surface area contributed by atoms with Crippen LogP contribution in [0.5, 0.6) is 0 Å². The minimum atomic E-state index is -0.0412. The number of thiophene rings is 1. The highest BCUT2D eigenvalue weighted by molar-refractivity contribution is 7.12. The molecule has 0 saturated carbocycles. The topological polar surface area (TPSA) is 49.9 Å². The molecule has 0 radical (unpaired) electrons. The van der Waals surface area contributed by atoms with Crippen LogP contribution in [0.15, 0.2) is 11.4 Å². The minimum absolute atomic E-state index is 0.0412. The van der Waals surface area contributed by atoms with Crippen LogP contribution in [0.2, 0.25) is 0 Å². The second kappa shape index (κ2) is 7.45. The molecule has 5 nitrogen and oxygen atoms in total. The van der Waals surface area contributed by atoms with E-state index in [0.29, 0.717) is 6.54 Å². The monoisotopic (exact) mass is 336 g/mol. The van der Waals surface area contributed by atoms with Gasteiger partial charge in [-0.15, -0.1) is 11.3 Å². The fourth-order valence-electron chi connectivity index (χ4n) is 3.22. The van der Waals surface area contributed by atoms with E-state index in [2.05, 4.69) is 0 Å². The van der Waals surface area contributed by atoms with Crippen LogP contribution in [0.1, 0.15) is 40.9 Å². The largest absolute Gasteiger partial charge is 0.376 e. The van der Waals surface area contributed by atoms with Crippen molar-refractivity contribution in [3.8, 4) is 0 Å². The van der Waals surface area contributed by atoms with Crippen molar-refractivity contribution in [2.75, 3.05) is 32.8 Å². The van der Waals surface area contributed by atoms with E-state index in [1.54, 1.807) is 4.90 Å². The maximum Gasteiger partial charge on any atom is 0.264 e. The van der Waals surface area contributed by atoms with Crippen LogP contribution in [-0.4, -0.2) is 60.5 Å². The normalized spacial score (nSPS) is 20.9. The molecule has 0 bridgehead atoms. The molecule has 0 aliphatic carbocycles. The lowest BCUT2D eigenvalue weighted by atomic mass is 10.2. The van der Waals surface area contributed by atoms with Crippen LogP contribution in [0.3, 0.4) is 0 Å². The van der Waals surface area contributed by atoms with Crippen LogP contribution in [-0.2, 0) is 9.53 Å². The molecule has 1 aromatic rings. The standard InChI is InChI=1S/C17H24N2O3S/c1-13-6-10-23-16(13)17(21)19(11-14-5-4-9-22-14)12-15(20)18-7-2-3-8-18/h6,10,14H,2-5,7-9,11-12H2,1H3. The van der Waals surface area contributed by atoms with Crippen molar-refractivity contribution in [2.24, 2.45) is 0 Å². The zero-order valence-electron chi connectivity index (χ0n) is 13.6. The Hall–Kier alpha value is -1.40. The van der Waals surface area contributed by atoms with Crippen molar-refractivity contribution >= 4 is 23.2 Å². The number of ether oxygens (including phenoxy) is 1. The SMILES string of the molecule is Cc1ccsc1C(=O)N(CC(=O)N1CCCC1)CC1CCCO1. The summed E-state index contributed by atoms with van der Waals surface area (Å²) < 4.78 is 5.67. The van der Waals surface area contributed by atoms with E-state index < -0.39 is 0 Å². The average molecular weight is 336 g/mol. The molecule has 1 atom stereocenters. The van der Waals surface area contributed by atoms with Crippen molar-refractivity contribution in [3.63, 3.8) is 0 Å². The number of likely N-dealkylation sites (tertiary alicyclic amines) is 1. The third-order valence-corrected chi connectivity index (χ3v) is 5.58. The highest BCUT2D eigenvalue weighted by atomic mass is 32.1. The van der Waals surface area contributed by atoms with Gasteiger partial charge in [0, 0.05) is 26.2 Å². The maximum absolute atomic E-state index is 12.9. The summed E-state index contributed by atoms with van der Waals surface area (Å²) in [4.78, 5) is 29.7. The van der Waals surface area contributed by atoms with Crippen LogP contribution in [0.4, 0.5) is 0 Å². The number of amides is 2. The molecule has 6 heteroatoms. The summed E-state index contributed by atoms with van der Waals surface area (Å²) in [5, 5.41) is 1.93. The number of hydrogen-bond acceptors (Lipinski definition) is 4. The summed E-state index contributed by atoms with van der Waals surface area (Å²) in [6, 6.07) is 1.95. The third kappa shape index (κ3) is 3.93. The smallest absolute Gasteiger partial charge is 0.264 e. The molecule has 1 aromatic heterocycles. The highest BCUT2D eigenvalue weighted by Crippen LogP contribution is 2.21. The Bertz CT molecular complexity index is 560. The predicted molar refractivity (Wildman–Crippen MR) is 89.7 cm³/mol. The van der Waals surface area contributed by atoms with Gasteiger partial charge in [0.05, 0.1) is 11.0 Å². The molecular weight excluding hydrogens is 312 g/mol. The molecule has 2 aliphatic heterocycles. The Labute approximate surface area is 141 Å². The first kappa shape index (κ1) is 16.5. The van der Waals surface area contributed by atoms with Crippen LogP contribution >= 0.6 is 11.3 Å². The molecule has 0 N–H and O–H groups in total. The van der Waals surface area contributed by atoms with Gasteiger partial charge in [0.1, 0.15) is 6.54 Å². The van der Waals surface area contributed by atoms with E-state index in [1.165, 1.54) is 11.3 Å². The summed E-state index contributed by atoms with van der Waals surface area (Å²) >= 11 is 1.45. The Morgan fingerprint density at radius 1 is 1.35 bits per heavy atom. The first-order valence-corrected chi connectivity index (χ1v) is 9.26. The number of aryl methyl sites for hydroxylation is 1. The molecule has 3 rings (SSSR count). The van der Waals surface area contributed by atoms with Gasteiger partial charge in [-0.05, 0) is 49.6 Å². The Morgan fingerprint density at radius 3 is 2.74 bits per heavy atom. The Kier molecular flexibility index (Phi) is 5.33. The van der Waals surface area contributed by atoms with E-state index in [0.717, 1.165) is 55.8 Å². The van der Waals surface area contributed by atoms with E-state index >= 15 is 0 Å².